The van der Waals surface area contributed by atoms with Crippen molar-refractivity contribution >= 4 is 5.69 Å². The van der Waals surface area contributed by atoms with Crippen molar-refractivity contribution in [3.8, 4) is 5.75 Å². The van der Waals surface area contributed by atoms with Crippen molar-refractivity contribution < 1.29 is 9.13 Å². The fourth-order valence-corrected chi connectivity index (χ4v) is 0.983. The van der Waals surface area contributed by atoms with E-state index < -0.39 is 0 Å². The predicted molar refractivity (Wildman–Crippen MR) is 55.8 cm³/mol. The Bertz CT molecular complexity index is 301. The lowest BCUT2D eigenvalue weighted by Crippen LogP contribution is -2.08. The number of nitrogens with two attached hydrogens (primary N) is 1. The quantitative estimate of drug-likeness (QED) is 0.753. The predicted octanol–water partition coefficient (Wildman–Crippen LogP) is 2.83. The molecular weight excluding hydrogens is 181 g/mol. The van der Waals surface area contributed by atoms with Gasteiger partial charge in [-0.25, -0.2) is 4.39 Å². The second-order valence-corrected chi connectivity index (χ2v) is 3.51. The van der Waals surface area contributed by atoms with Gasteiger partial charge in [0, 0.05) is 6.07 Å². The summed E-state index contributed by atoms with van der Waals surface area (Å²) in [6.45, 7) is 4.74. The first kappa shape index (κ1) is 10.8. The smallest absolute Gasteiger partial charge is 0.145 e. The maximum atomic E-state index is 12.8. The van der Waals surface area contributed by atoms with Crippen LogP contribution in [0.5, 0.6) is 5.75 Å². The Morgan fingerprint density at radius 2 is 2.21 bits per heavy atom. The van der Waals surface area contributed by atoms with Gasteiger partial charge in [-0.05, 0) is 18.1 Å². The van der Waals surface area contributed by atoms with Crippen molar-refractivity contribution in [3.05, 3.63) is 24.0 Å². The number of nitrogen functional groups attached to an aromatic ring is 1. The molecule has 0 radical (unpaired) electrons. The summed E-state index contributed by atoms with van der Waals surface area (Å²) < 4.78 is 18.2. The van der Waals surface area contributed by atoms with Crippen molar-refractivity contribution in [1.82, 2.24) is 0 Å². The van der Waals surface area contributed by atoms with Gasteiger partial charge in [0.15, 0.2) is 0 Å². The fourth-order valence-electron chi connectivity index (χ4n) is 0.983. The molecule has 3 heteroatoms. The van der Waals surface area contributed by atoms with Crippen molar-refractivity contribution in [3.63, 3.8) is 0 Å². The number of benzene rings is 1. The first-order valence-corrected chi connectivity index (χ1v) is 4.81. The molecule has 0 saturated carbocycles. The van der Waals surface area contributed by atoms with Crippen molar-refractivity contribution in [2.45, 2.75) is 20.3 Å². The molecule has 1 unspecified atom stereocenters. The zero-order chi connectivity index (χ0) is 10.6. The van der Waals surface area contributed by atoms with Crippen LogP contribution in [0.4, 0.5) is 10.1 Å². The first-order valence-electron chi connectivity index (χ1n) is 4.81. The third-order valence-corrected chi connectivity index (χ3v) is 2.20. The molecular formula is C11H16FNO. The van der Waals surface area contributed by atoms with Crippen LogP contribution in [-0.2, 0) is 0 Å². The molecule has 1 atom stereocenters. The normalized spacial score (nSPS) is 12.5. The van der Waals surface area contributed by atoms with Gasteiger partial charge in [-0.2, -0.15) is 0 Å². The van der Waals surface area contributed by atoms with Crippen LogP contribution in [0.1, 0.15) is 20.3 Å². The van der Waals surface area contributed by atoms with Gasteiger partial charge < -0.3 is 10.5 Å². The van der Waals surface area contributed by atoms with Crippen LogP contribution < -0.4 is 10.5 Å². The van der Waals surface area contributed by atoms with E-state index in [9.17, 15) is 4.39 Å². The molecule has 0 amide bonds. The average Bonchev–Trinajstić information content (AvgIpc) is 2.19. The maximum Gasteiger partial charge on any atom is 0.145 e. The van der Waals surface area contributed by atoms with E-state index >= 15 is 0 Å². The Morgan fingerprint density at radius 1 is 1.50 bits per heavy atom. The number of rotatable bonds is 4. The highest BCUT2D eigenvalue weighted by molar-refractivity contribution is 5.52. The highest BCUT2D eigenvalue weighted by Gasteiger charge is 2.04. The summed E-state index contributed by atoms with van der Waals surface area (Å²) >= 11 is 0. The van der Waals surface area contributed by atoms with Crippen LogP contribution in [0.25, 0.3) is 0 Å². The maximum absolute atomic E-state index is 12.8. The molecule has 0 aromatic heterocycles. The van der Waals surface area contributed by atoms with Gasteiger partial charge in [0.2, 0.25) is 0 Å². The van der Waals surface area contributed by atoms with Crippen molar-refractivity contribution in [1.29, 1.82) is 0 Å². The number of hydrogen-bond acceptors (Lipinski definition) is 2. The van der Waals surface area contributed by atoms with Crippen LogP contribution >= 0.6 is 0 Å². The zero-order valence-corrected chi connectivity index (χ0v) is 8.59. The molecule has 1 aromatic rings. The molecule has 0 bridgehead atoms. The topological polar surface area (TPSA) is 35.2 Å². The van der Waals surface area contributed by atoms with E-state index in [0.717, 1.165) is 6.42 Å². The van der Waals surface area contributed by atoms with Crippen LogP contribution in [0.2, 0.25) is 0 Å². The molecule has 0 saturated heterocycles. The third kappa shape index (κ3) is 2.91. The monoisotopic (exact) mass is 197 g/mol. The minimum absolute atomic E-state index is 0.321. The average molecular weight is 197 g/mol. The second-order valence-electron chi connectivity index (χ2n) is 3.51. The van der Waals surface area contributed by atoms with Crippen molar-refractivity contribution in [2.75, 3.05) is 12.3 Å². The van der Waals surface area contributed by atoms with Crippen LogP contribution in [-0.4, -0.2) is 6.61 Å². The number of hydrogen-bond donors (Lipinski definition) is 1. The molecule has 2 nitrogen and oxygen atoms in total. The minimum Gasteiger partial charge on any atom is -0.491 e. The molecule has 14 heavy (non-hydrogen) atoms. The Labute approximate surface area is 83.9 Å². The molecule has 1 rings (SSSR count). The van der Waals surface area contributed by atoms with Crippen LogP contribution in [0.15, 0.2) is 18.2 Å². The van der Waals surface area contributed by atoms with Crippen LogP contribution in [0, 0.1) is 11.7 Å². The molecule has 1 aromatic carbocycles. The van der Waals surface area contributed by atoms with E-state index in [-0.39, 0.29) is 5.82 Å². The van der Waals surface area contributed by atoms with E-state index in [1.54, 1.807) is 0 Å². The van der Waals surface area contributed by atoms with Gasteiger partial charge in [-0.15, -0.1) is 0 Å². The lowest BCUT2D eigenvalue weighted by Gasteiger charge is -2.12. The molecule has 0 aliphatic heterocycles. The molecule has 0 spiro atoms. The highest BCUT2D eigenvalue weighted by Crippen LogP contribution is 2.22. The molecule has 0 heterocycles. The molecule has 0 fully saturated rings. The van der Waals surface area contributed by atoms with Gasteiger partial charge in [0.1, 0.15) is 11.6 Å². The fraction of sp³-hybridized carbons (Fsp3) is 0.455. The number of halogens is 1. The summed E-state index contributed by atoms with van der Waals surface area (Å²) in [4.78, 5) is 0. The SMILES string of the molecule is CCC(C)COc1cc(F)ccc1N. The second kappa shape index (κ2) is 4.84. The summed E-state index contributed by atoms with van der Waals surface area (Å²) in [5.74, 6) is 0.571. The number of ether oxygens (including phenoxy) is 1. The Balaban J connectivity index is 2.62. The first-order chi connectivity index (χ1) is 6.63. The molecule has 78 valence electrons. The molecule has 0 aliphatic rings. The lowest BCUT2D eigenvalue weighted by atomic mass is 10.1. The summed E-state index contributed by atoms with van der Waals surface area (Å²) in [7, 11) is 0. The van der Waals surface area contributed by atoms with Gasteiger partial charge in [-0.3, -0.25) is 0 Å². The van der Waals surface area contributed by atoms with Gasteiger partial charge in [0.25, 0.3) is 0 Å². The standard InChI is InChI=1S/C11H16FNO/c1-3-8(2)7-14-11-6-9(12)4-5-10(11)13/h4-6,8H,3,7,13H2,1-2H3. The Morgan fingerprint density at radius 3 is 2.86 bits per heavy atom. The summed E-state index contributed by atoms with van der Waals surface area (Å²) in [6, 6.07) is 4.16. The Hall–Kier alpha value is -1.25. The summed E-state index contributed by atoms with van der Waals surface area (Å²) in [6.07, 6.45) is 1.04. The van der Waals surface area contributed by atoms with E-state index in [1.807, 2.05) is 0 Å². The van der Waals surface area contributed by atoms with Crippen LogP contribution in [0.3, 0.4) is 0 Å². The van der Waals surface area contributed by atoms with Gasteiger partial charge in [0.05, 0.1) is 12.3 Å². The molecule has 0 aliphatic carbocycles. The summed E-state index contributed by atoms with van der Waals surface area (Å²) in [5, 5.41) is 0. The van der Waals surface area contributed by atoms with E-state index in [0.29, 0.717) is 24.0 Å². The Kier molecular flexibility index (Phi) is 3.74. The largest absolute Gasteiger partial charge is 0.491 e. The number of anilines is 1. The lowest BCUT2D eigenvalue weighted by molar-refractivity contribution is 0.257. The van der Waals surface area contributed by atoms with E-state index in [4.69, 9.17) is 10.5 Å². The van der Waals surface area contributed by atoms with E-state index in [2.05, 4.69) is 13.8 Å². The molecule has 2 N–H and O–H groups in total. The zero-order valence-electron chi connectivity index (χ0n) is 8.59. The minimum atomic E-state index is -0.321. The summed E-state index contributed by atoms with van der Waals surface area (Å²) in [5.41, 5.74) is 6.11. The van der Waals surface area contributed by atoms with Crippen molar-refractivity contribution in [2.24, 2.45) is 5.92 Å². The van der Waals surface area contributed by atoms with E-state index in [1.165, 1.54) is 18.2 Å². The van der Waals surface area contributed by atoms with Gasteiger partial charge >= 0.3 is 0 Å². The third-order valence-electron chi connectivity index (χ3n) is 2.20. The van der Waals surface area contributed by atoms with Gasteiger partial charge in [-0.1, -0.05) is 20.3 Å². The highest BCUT2D eigenvalue weighted by atomic mass is 19.1.